The molecule has 0 fully saturated rings. The molecule has 0 bridgehead atoms. The number of thioether (sulfide) groups is 1. The number of nitrogens with zero attached hydrogens (tertiary/aromatic N) is 1. The highest BCUT2D eigenvalue weighted by atomic mass is 32.2. The van der Waals surface area contributed by atoms with E-state index in [-0.39, 0.29) is 18.0 Å². The molecule has 0 radical (unpaired) electrons. The van der Waals surface area contributed by atoms with Crippen molar-refractivity contribution in [2.45, 2.75) is 17.9 Å². The van der Waals surface area contributed by atoms with Crippen molar-refractivity contribution in [3.63, 3.8) is 0 Å². The Balaban J connectivity index is 1.66. The van der Waals surface area contributed by atoms with E-state index in [9.17, 15) is 19.7 Å². The first-order valence-electron chi connectivity index (χ1n) is 8.13. The molecule has 0 saturated heterocycles. The van der Waals surface area contributed by atoms with Crippen LogP contribution in [0.3, 0.4) is 0 Å². The average molecular weight is 404 g/mol. The highest BCUT2D eigenvalue weighted by Gasteiger charge is 2.23. The molecule has 1 aliphatic rings. The van der Waals surface area contributed by atoms with Crippen molar-refractivity contribution >= 4 is 35.0 Å². The van der Waals surface area contributed by atoms with Crippen molar-refractivity contribution in [3.05, 3.63) is 52.1 Å². The molecule has 0 spiro atoms. The first kappa shape index (κ1) is 19.5. The molecule has 0 saturated carbocycles. The molecule has 2 aromatic rings. The summed E-state index contributed by atoms with van der Waals surface area (Å²) < 4.78 is 15.6. The summed E-state index contributed by atoms with van der Waals surface area (Å²) in [5.74, 6) is -0.303. The number of nitro groups is 1. The number of rotatable bonds is 6. The zero-order valence-electron chi connectivity index (χ0n) is 15.0. The first-order valence-corrected chi connectivity index (χ1v) is 9.35. The van der Waals surface area contributed by atoms with E-state index in [1.807, 2.05) is 0 Å². The minimum Gasteiger partial charge on any atom is -0.454 e. The normalized spacial score (nSPS) is 12.9. The minimum atomic E-state index is -1.11. The SMILES string of the molecule is CSc1ccc(C(=O)O[C@H](C)C(=O)Nc2ccc3c(c2)OCO3)cc1[N+](=O)[O-]. The summed E-state index contributed by atoms with van der Waals surface area (Å²) in [4.78, 5) is 35.5. The number of nitrogens with one attached hydrogen (secondary N) is 1. The topological polar surface area (TPSA) is 117 Å². The van der Waals surface area contributed by atoms with Crippen LogP contribution in [-0.2, 0) is 9.53 Å². The number of carbonyl (C=O) groups is 2. The summed E-state index contributed by atoms with van der Waals surface area (Å²) in [5, 5.41) is 13.7. The quantitative estimate of drug-likeness (QED) is 0.337. The van der Waals surface area contributed by atoms with Gasteiger partial charge in [-0.25, -0.2) is 4.79 Å². The van der Waals surface area contributed by atoms with Gasteiger partial charge >= 0.3 is 5.97 Å². The molecule has 0 aromatic heterocycles. The number of esters is 1. The molecule has 9 nitrogen and oxygen atoms in total. The van der Waals surface area contributed by atoms with E-state index in [2.05, 4.69) is 5.32 Å². The van der Waals surface area contributed by atoms with Crippen molar-refractivity contribution in [2.24, 2.45) is 0 Å². The molecule has 1 N–H and O–H groups in total. The molecular formula is C18H16N2O7S. The Hall–Kier alpha value is -3.27. The maximum atomic E-state index is 12.3. The Morgan fingerprint density at radius 2 is 1.96 bits per heavy atom. The predicted octanol–water partition coefficient (Wildman–Crippen LogP) is 3.23. The number of ether oxygens (including phenoxy) is 3. The van der Waals surface area contributed by atoms with Gasteiger partial charge in [-0.1, -0.05) is 0 Å². The summed E-state index contributed by atoms with van der Waals surface area (Å²) in [5.41, 5.74) is 0.253. The van der Waals surface area contributed by atoms with Gasteiger partial charge in [0, 0.05) is 17.8 Å². The van der Waals surface area contributed by atoms with Crippen LogP contribution in [0.5, 0.6) is 11.5 Å². The van der Waals surface area contributed by atoms with Gasteiger partial charge in [0.05, 0.1) is 15.4 Å². The molecule has 2 aromatic carbocycles. The van der Waals surface area contributed by atoms with Crippen LogP contribution in [0.4, 0.5) is 11.4 Å². The number of benzene rings is 2. The zero-order valence-corrected chi connectivity index (χ0v) is 15.8. The van der Waals surface area contributed by atoms with Crippen LogP contribution in [0, 0.1) is 10.1 Å². The fraction of sp³-hybridized carbons (Fsp3) is 0.222. The standard InChI is InChI=1S/C18H16N2O7S/c1-10(17(21)19-12-4-5-14-15(8-12)26-9-25-14)27-18(22)11-3-6-16(28-2)13(7-11)20(23)24/h3-8,10H,9H2,1-2H3,(H,19,21)/t10-/m1/s1. The van der Waals surface area contributed by atoms with Crippen LogP contribution in [0.2, 0.25) is 0 Å². The lowest BCUT2D eigenvalue weighted by Crippen LogP contribution is -2.30. The Morgan fingerprint density at radius 3 is 2.68 bits per heavy atom. The summed E-state index contributed by atoms with van der Waals surface area (Å²) in [6.45, 7) is 1.52. The summed E-state index contributed by atoms with van der Waals surface area (Å²) in [6.07, 6.45) is 0.584. The van der Waals surface area contributed by atoms with E-state index in [1.165, 1.54) is 30.8 Å². The summed E-state index contributed by atoms with van der Waals surface area (Å²) >= 11 is 1.20. The second-order valence-electron chi connectivity index (χ2n) is 5.75. The third-order valence-corrected chi connectivity index (χ3v) is 4.69. The van der Waals surface area contributed by atoms with E-state index in [1.54, 1.807) is 24.5 Å². The fourth-order valence-corrected chi connectivity index (χ4v) is 3.01. The van der Waals surface area contributed by atoms with Crippen molar-refractivity contribution < 1.29 is 28.7 Å². The van der Waals surface area contributed by atoms with Crippen LogP contribution in [0.1, 0.15) is 17.3 Å². The van der Waals surface area contributed by atoms with E-state index in [4.69, 9.17) is 14.2 Å². The van der Waals surface area contributed by atoms with Crippen molar-refractivity contribution in [1.29, 1.82) is 0 Å². The Morgan fingerprint density at radius 1 is 1.21 bits per heavy atom. The van der Waals surface area contributed by atoms with Gasteiger partial charge in [-0.05, 0) is 37.4 Å². The number of fused-ring (bicyclic) bond motifs is 1. The second kappa shape index (κ2) is 8.17. The lowest BCUT2D eigenvalue weighted by Gasteiger charge is -2.14. The molecule has 1 aliphatic heterocycles. The van der Waals surface area contributed by atoms with Gasteiger partial charge in [0.15, 0.2) is 17.6 Å². The highest BCUT2D eigenvalue weighted by Crippen LogP contribution is 2.34. The van der Waals surface area contributed by atoms with Gasteiger partial charge in [-0.15, -0.1) is 11.8 Å². The van der Waals surface area contributed by atoms with Crippen molar-refractivity contribution in [3.8, 4) is 11.5 Å². The summed E-state index contributed by atoms with van der Waals surface area (Å²) in [7, 11) is 0. The number of carbonyl (C=O) groups excluding carboxylic acids is 2. The van der Waals surface area contributed by atoms with Crippen LogP contribution >= 0.6 is 11.8 Å². The van der Waals surface area contributed by atoms with Crippen molar-refractivity contribution in [1.82, 2.24) is 0 Å². The molecule has 28 heavy (non-hydrogen) atoms. The maximum Gasteiger partial charge on any atom is 0.339 e. The van der Waals surface area contributed by atoms with Gasteiger partial charge in [-0.3, -0.25) is 14.9 Å². The van der Waals surface area contributed by atoms with Crippen LogP contribution < -0.4 is 14.8 Å². The largest absolute Gasteiger partial charge is 0.454 e. The third kappa shape index (κ3) is 4.17. The van der Waals surface area contributed by atoms with Crippen LogP contribution in [0.25, 0.3) is 0 Å². The van der Waals surface area contributed by atoms with E-state index >= 15 is 0 Å². The number of hydrogen-bond donors (Lipinski definition) is 1. The third-order valence-electron chi connectivity index (χ3n) is 3.90. The van der Waals surface area contributed by atoms with Gasteiger partial charge in [-0.2, -0.15) is 0 Å². The molecule has 3 rings (SSSR count). The lowest BCUT2D eigenvalue weighted by molar-refractivity contribution is -0.387. The smallest absolute Gasteiger partial charge is 0.339 e. The van der Waals surface area contributed by atoms with E-state index in [0.717, 1.165) is 6.07 Å². The number of nitro benzene ring substituents is 1. The molecule has 1 amide bonds. The van der Waals surface area contributed by atoms with Crippen LogP contribution in [-0.4, -0.2) is 36.0 Å². The number of anilines is 1. The molecule has 1 heterocycles. The highest BCUT2D eigenvalue weighted by molar-refractivity contribution is 7.98. The molecule has 0 unspecified atom stereocenters. The average Bonchev–Trinajstić information content (AvgIpc) is 3.15. The molecule has 0 aliphatic carbocycles. The van der Waals surface area contributed by atoms with Crippen molar-refractivity contribution in [2.75, 3.05) is 18.4 Å². The molecular weight excluding hydrogens is 388 g/mol. The van der Waals surface area contributed by atoms with Crippen LogP contribution in [0.15, 0.2) is 41.3 Å². The molecule has 1 atom stereocenters. The lowest BCUT2D eigenvalue weighted by atomic mass is 10.2. The van der Waals surface area contributed by atoms with Gasteiger partial charge < -0.3 is 19.5 Å². The second-order valence-corrected chi connectivity index (χ2v) is 6.60. The Kier molecular flexibility index (Phi) is 5.69. The van der Waals surface area contributed by atoms with Gasteiger partial charge in [0.1, 0.15) is 0 Å². The first-order chi connectivity index (χ1) is 13.4. The Bertz CT molecular complexity index is 948. The molecule has 146 valence electrons. The van der Waals surface area contributed by atoms with E-state index in [0.29, 0.717) is 22.1 Å². The Labute approximate surface area is 164 Å². The number of amides is 1. The molecule has 10 heteroatoms. The summed E-state index contributed by atoms with van der Waals surface area (Å²) in [6, 6.07) is 8.90. The van der Waals surface area contributed by atoms with Gasteiger partial charge in [0.2, 0.25) is 6.79 Å². The zero-order chi connectivity index (χ0) is 20.3. The van der Waals surface area contributed by atoms with Gasteiger partial charge in [0.25, 0.3) is 11.6 Å². The van der Waals surface area contributed by atoms with E-state index < -0.39 is 22.9 Å². The number of hydrogen-bond acceptors (Lipinski definition) is 8. The fourth-order valence-electron chi connectivity index (χ4n) is 2.46. The monoisotopic (exact) mass is 404 g/mol. The predicted molar refractivity (Wildman–Crippen MR) is 101 cm³/mol. The minimum absolute atomic E-state index is 0.00719. The maximum absolute atomic E-state index is 12.3.